The summed E-state index contributed by atoms with van der Waals surface area (Å²) in [5.41, 5.74) is 0. The second-order valence-electron chi connectivity index (χ2n) is 3.56. The second-order valence-corrected chi connectivity index (χ2v) is 3.56. The standard InChI is InChI=1S/C9H13O2.C5H5.3CO.W/c1-3-9(6-7-10)5-4-8(2)11;1-2-4-5-3-1;3*1-2;/h9-10H,4-7H2,2H3;1-5H;;;;/q-1;;;;;+2. The van der Waals surface area contributed by atoms with E-state index in [1.807, 2.05) is 32.1 Å². The molecule has 0 saturated heterocycles. The van der Waals surface area contributed by atoms with E-state index in [0.29, 0.717) is 19.3 Å². The van der Waals surface area contributed by atoms with E-state index >= 15 is 0 Å². The molecule has 1 unspecified atom stereocenters. The summed E-state index contributed by atoms with van der Waals surface area (Å²) < 4.78 is 22.5. The number of ketones is 1. The van der Waals surface area contributed by atoms with Crippen LogP contribution in [0.3, 0.4) is 0 Å². The molecule has 1 rings (SSSR count). The van der Waals surface area contributed by atoms with Gasteiger partial charge in [-0.25, -0.2) is 0 Å². The Balaban J connectivity index is -0.0000000752. The third kappa shape index (κ3) is 38.7. The zero-order chi connectivity index (χ0) is 18.2. The SMILES string of the molecule is [C-]#CC(CCO)CCC(C)=O.[C-]#[O+].[C-]#[O+].[C-]#[O+].[CH]1[CH][CH][CH][CH]1.[W+2]. The van der Waals surface area contributed by atoms with Crippen LogP contribution in [0.4, 0.5) is 0 Å². The van der Waals surface area contributed by atoms with Crippen molar-refractivity contribution in [3.63, 3.8) is 0 Å². The molecule has 0 bridgehead atoms. The van der Waals surface area contributed by atoms with E-state index in [0.717, 1.165) is 0 Å². The fraction of sp³-hybridized carbons (Fsp3) is 0.353. The number of rotatable bonds is 5. The van der Waals surface area contributed by atoms with Gasteiger partial charge in [0, 0.05) is 13.0 Å². The van der Waals surface area contributed by atoms with Crippen LogP contribution in [0.2, 0.25) is 0 Å². The van der Waals surface area contributed by atoms with Gasteiger partial charge in [0.2, 0.25) is 0 Å². The fourth-order valence-electron chi connectivity index (χ4n) is 1.14. The molecular weight excluding hydrogens is 468 g/mol. The number of aliphatic hydroxyl groups is 1. The van der Waals surface area contributed by atoms with E-state index in [4.69, 9.17) is 25.5 Å². The van der Waals surface area contributed by atoms with Gasteiger partial charge in [-0.15, -0.1) is 0 Å². The first kappa shape index (κ1) is 33.6. The van der Waals surface area contributed by atoms with Crippen LogP contribution in [0.1, 0.15) is 26.2 Å². The van der Waals surface area contributed by atoms with Crippen molar-refractivity contribution in [3.05, 3.63) is 58.5 Å². The third-order valence-corrected chi connectivity index (χ3v) is 2.08. The molecule has 5 nitrogen and oxygen atoms in total. The molecule has 23 heavy (non-hydrogen) atoms. The molecule has 0 heterocycles. The number of aliphatic hydroxyl groups excluding tert-OH is 1. The molecule has 1 atom stereocenters. The monoisotopic (exact) mass is 486 g/mol. The van der Waals surface area contributed by atoms with Gasteiger partial charge in [-0.05, 0) is 57.8 Å². The summed E-state index contributed by atoms with van der Waals surface area (Å²) in [6.45, 7) is 15.1. The molecule has 5 radical (unpaired) electrons. The van der Waals surface area contributed by atoms with Crippen LogP contribution in [0.15, 0.2) is 0 Å². The third-order valence-electron chi connectivity index (χ3n) is 2.08. The summed E-state index contributed by atoms with van der Waals surface area (Å²) in [5, 5.41) is 8.52. The molecule has 0 aromatic heterocycles. The molecule has 0 spiro atoms. The zero-order valence-electron chi connectivity index (χ0n) is 12.8. The Labute approximate surface area is 154 Å². The van der Waals surface area contributed by atoms with Crippen LogP contribution in [-0.2, 0) is 39.8 Å². The Morgan fingerprint density at radius 2 is 1.35 bits per heavy atom. The molecule has 0 aromatic carbocycles. The Kier molecular flexibility index (Phi) is 54.7. The smallest absolute Gasteiger partial charge is 0.0312 e. The van der Waals surface area contributed by atoms with Gasteiger partial charge in [-0.3, -0.25) is 0 Å². The normalized spacial score (nSPS) is 11.3. The van der Waals surface area contributed by atoms with Crippen molar-refractivity contribution in [3.8, 4) is 5.92 Å². The molecule has 121 valence electrons. The van der Waals surface area contributed by atoms with Crippen molar-refractivity contribution in [1.82, 2.24) is 0 Å². The molecule has 0 amide bonds. The van der Waals surface area contributed by atoms with Gasteiger partial charge in [0.05, 0.1) is 0 Å². The number of carbonyl (C=O) groups excluding carboxylic acids is 1. The van der Waals surface area contributed by atoms with E-state index < -0.39 is 0 Å². The molecule has 1 fully saturated rings. The van der Waals surface area contributed by atoms with Gasteiger partial charge in [-0.2, -0.15) is 0 Å². The molecule has 1 aliphatic carbocycles. The van der Waals surface area contributed by atoms with Crippen LogP contribution >= 0.6 is 0 Å². The Morgan fingerprint density at radius 3 is 1.57 bits per heavy atom. The van der Waals surface area contributed by atoms with Gasteiger partial charge in [0.15, 0.2) is 0 Å². The van der Waals surface area contributed by atoms with Gasteiger partial charge >= 0.3 is 55.0 Å². The molecule has 6 heteroatoms. The minimum absolute atomic E-state index is 0. The van der Waals surface area contributed by atoms with Gasteiger partial charge in [0.1, 0.15) is 5.78 Å². The summed E-state index contributed by atoms with van der Waals surface area (Å²) in [4.78, 5) is 10.5. The quantitative estimate of drug-likeness (QED) is 0.365. The van der Waals surface area contributed by atoms with E-state index in [1.165, 1.54) is 6.92 Å². The summed E-state index contributed by atoms with van der Waals surface area (Å²) >= 11 is 0. The second kappa shape index (κ2) is 37.4. The molecule has 0 aliphatic heterocycles. The van der Waals surface area contributed by atoms with Gasteiger partial charge in [0.25, 0.3) is 0 Å². The predicted octanol–water partition coefficient (Wildman–Crippen LogP) is 1.85. The first-order valence-corrected chi connectivity index (χ1v) is 6.01. The minimum atomic E-state index is -0.0519. The first-order chi connectivity index (χ1) is 10.7. The van der Waals surface area contributed by atoms with E-state index in [2.05, 4.69) is 25.9 Å². The van der Waals surface area contributed by atoms with Crippen molar-refractivity contribution in [2.45, 2.75) is 26.2 Å². The van der Waals surface area contributed by atoms with Crippen molar-refractivity contribution in [1.29, 1.82) is 0 Å². The zero-order valence-corrected chi connectivity index (χ0v) is 15.7. The number of hydrogen-bond donors (Lipinski definition) is 1. The number of carbonyl (C=O) groups is 1. The Bertz CT molecular complexity index is 302. The largest absolute Gasteiger partial charge is 2.00 e. The van der Waals surface area contributed by atoms with Gasteiger partial charge in [-0.1, -0.05) is 0 Å². The van der Waals surface area contributed by atoms with Crippen LogP contribution in [0.5, 0.6) is 0 Å². The molecule has 1 N–H and O–H groups in total. The maximum Gasteiger partial charge on any atom is 2.00 e. The summed E-state index contributed by atoms with van der Waals surface area (Å²) in [6, 6.07) is 0. The van der Waals surface area contributed by atoms with Crippen molar-refractivity contribution in [2.24, 2.45) is 5.92 Å². The molecule has 1 saturated carbocycles. The summed E-state index contributed by atoms with van der Waals surface area (Å²) in [7, 11) is 0. The predicted molar refractivity (Wildman–Crippen MR) is 75.5 cm³/mol. The summed E-state index contributed by atoms with van der Waals surface area (Å²) in [5.74, 6) is 2.37. The molecular formula is C17H18O5W+. The van der Waals surface area contributed by atoms with Gasteiger partial charge < -0.3 is 22.2 Å². The maximum absolute atomic E-state index is 10.5. The van der Waals surface area contributed by atoms with Crippen molar-refractivity contribution >= 4 is 5.78 Å². The van der Waals surface area contributed by atoms with Crippen LogP contribution < -0.4 is 0 Å². The Morgan fingerprint density at radius 1 is 1.00 bits per heavy atom. The van der Waals surface area contributed by atoms with Crippen LogP contribution in [0, 0.1) is 70.3 Å². The van der Waals surface area contributed by atoms with Crippen molar-refractivity contribution < 1.29 is 44.9 Å². The van der Waals surface area contributed by atoms with Crippen molar-refractivity contribution in [2.75, 3.05) is 6.61 Å². The van der Waals surface area contributed by atoms with E-state index in [1.54, 1.807) is 0 Å². The van der Waals surface area contributed by atoms with Crippen LogP contribution in [0.25, 0.3) is 0 Å². The molecule has 1 aliphatic rings. The first-order valence-electron chi connectivity index (χ1n) is 6.01. The average Bonchev–Trinajstić information content (AvgIpc) is 3.17. The fourth-order valence-corrected chi connectivity index (χ4v) is 1.14. The maximum atomic E-state index is 10.5. The molecule has 0 aromatic rings. The number of Topliss-reactive ketones (excluding diaryl/α,β-unsaturated/α-hetero) is 1. The summed E-state index contributed by atoms with van der Waals surface area (Å²) in [6.07, 6.45) is 18.5. The Hall–Kier alpha value is -0.902. The number of hydrogen-bond acceptors (Lipinski definition) is 2. The minimum Gasteiger partial charge on any atom is -0.0312 e. The van der Waals surface area contributed by atoms with E-state index in [9.17, 15) is 4.79 Å². The van der Waals surface area contributed by atoms with E-state index in [-0.39, 0.29) is 39.4 Å². The average molecular weight is 486 g/mol. The topological polar surface area (TPSA) is 97.0 Å². The van der Waals surface area contributed by atoms with Crippen LogP contribution in [-0.4, -0.2) is 17.5 Å².